The lowest BCUT2D eigenvalue weighted by Gasteiger charge is -2.53. The highest BCUT2D eigenvalue weighted by Crippen LogP contribution is 2.68. The third kappa shape index (κ3) is 2.71. The Morgan fingerprint density at radius 2 is 2.16 bits per heavy atom. The Balaban J connectivity index is 1.32. The summed E-state index contributed by atoms with van der Waals surface area (Å²) in [4.78, 5) is 4.21. The van der Waals surface area contributed by atoms with Gasteiger partial charge in [0, 0.05) is 18.4 Å². The minimum atomic E-state index is -0.169. The Hall–Kier alpha value is -2.23. The van der Waals surface area contributed by atoms with Crippen LogP contribution in [0.4, 0.5) is 0 Å². The molecule has 0 aromatic carbocycles. The van der Waals surface area contributed by atoms with E-state index < -0.39 is 0 Å². The lowest BCUT2D eigenvalue weighted by atomic mass is 9.58. The van der Waals surface area contributed by atoms with Gasteiger partial charge in [0.2, 0.25) is 0 Å². The average molecular weight is 427 g/mol. The first-order valence-electron chi connectivity index (χ1n) is 12.2. The van der Waals surface area contributed by atoms with Crippen LogP contribution in [0.1, 0.15) is 56.6 Å². The smallest absolute Gasteiger partial charge is 0.0975 e. The molecule has 2 bridgehead atoms. The molecule has 2 N–H and O–H groups in total. The Morgan fingerprint density at radius 1 is 1.28 bits per heavy atom. The van der Waals surface area contributed by atoms with E-state index in [0.29, 0.717) is 11.8 Å². The summed E-state index contributed by atoms with van der Waals surface area (Å²) in [5, 5.41) is 0. The number of aryl methyl sites for hydroxylation is 1. The number of hydrogen-bond acceptors (Lipinski definition) is 3. The molecule has 0 radical (unpaired) electrons. The first-order chi connectivity index (χ1) is 15.4. The van der Waals surface area contributed by atoms with Crippen molar-refractivity contribution < 1.29 is 4.74 Å². The number of fused-ring (bicyclic) bond motifs is 1. The van der Waals surface area contributed by atoms with Crippen molar-refractivity contribution in [1.29, 1.82) is 0 Å². The molecule has 3 aliphatic carbocycles. The van der Waals surface area contributed by atoms with Crippen LogP contribution in [0, 0.1) is 24.2 Å². The minimum absolute atomic E-state index is 0.0979. The molecule has 1 aromatic heterocycles. The first kappa shape index (κ1) is 20.4. The molecule has 32 heavy (non-hydrogen) atoms. The SMILES string of the molecule is C=C(/C=C\c1ccncc1C)[C@H]1CC[C@@H]2[C@]1(C)CC=C1C=C3C=C[C@@H](N)C[C@]34CC[C@@]12O4. The van der Waals surface area contributed by atoms with Gasteiger partial charge in [-0.3, -0.25) is 4.98 Å². The number of hydrogen-bond donors (Lipinski definition) is 1. The van der Waals surface area contributed by atoms with E-state index in [1.165, 1.54) is 40.7 Å². The average Bonchev–Trinajstić information content (AvgIpc) is 3.28. The van der Waals surface area contributed by atoms with Gasteiger partial charge in [0.25, 0.3) is 0 Å². The maximum atomic E-state index is 7.18. The molecule has 3 heteroatoms. The molecule has 0 unspecified atom stereocenters. The zero-order valence-electron chi connectivity index (χ0n) is 19.3. The highest BCUT2D eigenvalue weighted by Gasteiger charge is 2.66. The molecule has 1 aromatic rings. The van der Waals surface area contributed by atoms with Crippen molar-refractivity contribution >= 4 is 6.08 Å². The molecule has 3 heterocycles. The number of aromatic nitrogens is 1. The molecule has 2 aliphatic heterocycles. The second-order valence-corrected chi connectivity index (χ2v) is 11.0. The Bertz CT molecular complexity index is 1110. The van der Waals surface area contributed by atoms with Gasteiger partial charge >= 0.3 is 0 Å². The number of ether oxygens (including phenoxy) is 1. The molecule has 0 amide bonds. The topological polar surface area (TPSA) is 48.1 Å². The van der Waals surface area contributed by atoms with E-state index in [9.17, 15) is 0 Å². The largest absolute Gasteiger partial charge is 0.359 e. The highest BCUT2D eigenvalue weighted by molar-refractivity contribution is 5.56. The standard InChI is InChI=1S/C29H34N2O/c1-19(4-5-21-11-15-31-18-20(21)2)25-8-9-26-27(25,3)12-10-23-16-22-6-7-24(30)17-28(22)13-14-29(23,26)32-28/h4-7,10-11,15-16,18,24-26H,1,8-9,12-14,17,30H2,2-3H3/b5-4-/t24-,25-,26-,27-,28-,29-/m1/s1. The van der Waals surface area contributed by atoms with Gasteiger partial charge in [0.15, 0.2) is 0 Å². The second kappa shape index (κ2) is 6.88. The van der Waals surface area contributed by atoms with Gasteiger partial charge < -0.3 is 10.5 Å². The fourth-order valence-electron chi connectivity index (χ4n) is 7.69. The predicted octanol–water partition coefficient (Wildman–Crippen LogP) is 5.84. The lowest BCUT2D eigenvalue weighted by molar-refractivity contribution is -0.130. The lowest BCUT2D eigenvalue weighted by Crippen LogP contribution is -2.54. The van der Waals surface area contributed by atoms with E-state index in [-0.39, 0.29) is 22.7 Å². The summed E-state index contributed by atoms with van der Waals surface area (Å²) in [6.07, 6.45) is 24.2. The number of pyridine rings is 1. The van der Waals surface area contributed by atoms with E-state index in [1.807, 2.05) is 12.4 Å². The highest BCUT2D eigenvalue weighted by atomic mass is 16.5. The van der Waals surface area contributed by atoms with Crippen molar-refractivity contribution in [2.24, 2.45) is 23.0 Å². The molecule has 6 rings (SSSR count). The van der Waals surface area contributed by atoms with Gasteiger partial charge in [0.1, 0.15) is 0 Å². The van der Waals surface area contributed by atoms with Crippen LogP contribution in [-0.2, 0) is 4.74 Å². The van der Waals surface area contributed by atoms with Crippen molar-refractivity contribution in [2.45, 2.75) is 69.6 Å². The maximum Gasteiger partial charge on any atom is 0.0975 e. The molecule has 2 spiro atoms. The zero-order chi connectivity index (χ0) is 22.1. The van der Waals surface area contributed by atoms with E-state index in [2.05, 4.69) is 67.9 Å². The van der Waals surface area contributed by atoms with Crippen molar-refractivity contribution in [3.05, 3.63) is 83.3 Å². The van der Waals surface area contributed by atoms with E-state index in [4.69, 9.17) is 10.5 Å². The van der Waals surface area contributed by atoms with Gasteiger partial charge in [0.05, 0.1) is 11.2 Å². The monoisotopic (exact) mass is 426 g/mol. The Morgan fingerprint density at radius 3 is 3.00 bits per heavy atom. The molecular formula is C29H34N2O. The molecular weight excluding hydrogens is 392 g/mol. The normalized spacial score (nSPS) is 41.7. The second-order valence-electron chi connectivity index (χ2n) is 11.0. The van der Waals surface area contributed by atoms with Gasteiger partial charge in [-0.2, -0.15) is 0 Å². The maximum absolute atomic E-state index is 7.18. The molecule has 1 saturated carbocycles. The summed E-state index contributed by atoms with van der Waals surface area (Å²) in [7, 11) is 0. The van der Waals surface area contributed by atoms with Crippen LogP contribution < -0.4 is 5.73 Å². The summed E-state index contributed by atoms with van der Waals surface area (Å²) in [6, 6.07) is 2.18. The number of allylic oxidation sites excluding steroid dienone is 3. The van der Waals surface area contributed by atoms with Crippen molar-refractivity contribution in [1.82, 2.24) is 4.98 Å². The molecule has 3 nitrogen and oxygen atoms in total. The van der Waals surface area contributed by atoms with Crippen LogP contribution >= 0.6 is 0 Å². The van der Waals surface area contributed by atoms with Gasteiger partial charge in [-0.15, -0.1) is 0 Å². The molecule has 1 saturated heterocycles. The Labute approximate surface area is 191 Å². The van der Waals surface area contributed by atoms with Crippen molar-refractivity contribution in [2.75, 3.05) is 0 Å². The molecule has 166 valence electrons. The van der Waals surface area contributed by atoms with Crippen LogP contribution in [-0.4, -0.2) is 22.2 Å². The van der Waals surface area contributed by atoms with Crippen LogP contribution in [0.25, 0.3) is 6.08 Å². The van der Waals surface area contributed by atoms with Gasteiger partial charge in [-0.1, -0.05) is 55.5 Å². The third-order valence-corrected chi connectivity index (χ3v) is 9.34. The fraction of sp³-hybridized carbons (Fsp3) is 0.483. The van der Waals surface area contributed by atoms with Crippen molar-refractivity contribution in [3.63, 3.8) is 0 Å². The quantitative estimate of drug-likeness (QED) is 0.618. The summed E-state index contributed by atoms with van der Waals surface area (Å²) < 4.78 is 7.18. The van der Waals surface area contributed by atoms with E-state index in [1.54, 1.807) is 0 Å². The molecule has 6 atom stereocenters. The van der Waals surface area contributed by atoms with Gasteiger partial charge in [-0.25, -0.2) is 0 Å². The molecule has 2 fully saturated rings. The fourth-order valence-corrected chi connectivity index (χ4v) is 7.69. The van der Waals surface area contributed by atoms with Crippen LogP contribution in [0.3, 0.4) is 0 Å². The summed E-state index contributed by atoms with van der Waals surface area (Å²) in [6.45, 7) is 9.16. The zero-order valence-corrected chi connectivity index (χ0v) is 19.3. The summed E-state index contributed by atoms with van der Waals surface area (Å²) in [5.74, 6) is 1.02. The first-order valence-corrected chi connectivity index (χ1v) is 12.2. The number of rotatable bonds is 3. The summed E-state index contributed by atoms with van der Waals surface area (Å²) >= 11 is 0. The Kier molecular flexibility index (Phi) is 4.38. The molecule has 5 aliphatic rings. The van der Waals surface area contributed by atoms with E-state index >= 15 is 0 Å². The minimum Gasteiger partial charge on any atom is -0.359 e. The van der Waals surface area contributed by atoms with E-state index in [0.717, 1.165) is 25.7 Å². The van der Waals surface area contributed by atoms with Crippen LogP contribution in [0.15, 0.2) is 72.1 Å². The number of nitrogens with zero attached hydrogens (tertiary/aromatic N) is 1. The predicted molar refractivity (Wildman–Crippen MR) is 130 cm³/mol. The summed E-state index contributed by atoms with van der Waals surface area (Å²) in [5.41, 5.74) is 12.7. The van der Waals surface area contributed by atoms with Crippen LogP contribution in [0.2, 0.25) is 0 Å². The number of nitrogens with two attached hydrogens (primary N) is 1. The van der Waals surface area contributed by atoms with Crippen LogP contribution in [0.5, 0.6) is 0 Å². The third-order valence-electron chi connectivity index (χ3n) is 9.34. The van der Waals surface area contributed by atoms with Crippen molar-refractivity contribution in [3.8, 4) is 0 Å². The van der Waals surface area contributed by atoms with Gasteiger partial charge in [-0.05, 0) is 91.0 Å².